The summed E-state index contributed by atoms with van der Waals surface area (Å²) in [6.07, 6.45) is 0. The van der Waals surface area contributed by atoms with E-state index in [-0.39, 0.29) is 5.82 Å². The average Bonchev–Trinajstić information content (AvgIpc) is 2.10. The summed E-state index contributed by atoms with van der Waals surface area (Å²) < 4.78 is 24.5. The Kier molecular flexibility index (Phi) is 4.27. The van der Waals surface area contributed by atoms with Crippen LogP contribution in [-0.4, -0.2) is 9.96 Å². The zero-order chi connectivity index (χ0) is 11.4. The first kappa shape index (κ1) is 12.2. The molecule has 0 radical (unpaired) electrons. The Balaban J connectivity index is 2.71. The summed E-state index contributed by atoms with van der Waals surface area (Å²) in [6, 6.07) is 4.18. The molecular weight excluding hydrogens is 213 g/mol. The minimum Gasteiger partial charge on any atom is -0.398 e. The predicted octanol–water partition coefficient (Wildman–Crippen LogP) is 2.31. The van der Waals surface area contributed by atoms with Crippen LogP contribution in [0.1, 0.15) is 19.4 Å². The first-order valence-electron chi connectivity index (χ1n) is 4.88. The normalized spacial score (nSPS) is 13.1. The number of rotatable bonds is 4. The number of nitrogens with two attached hydrogens (primary N) is 1. The van der Waals surface area contributed by atoms with Gasteiger partial charge in [-0.05, 0) is 29.7 Å². The maximum absolute atomic E-state index is 12.9. The van der Waals surface area contributed by atoms with Crippen LogP contribution in [0.25, 0.3) is 0 Å². The molecule has 1 aromatic rings. The van der Waals surface area contributed by atoms with Gasteiger partial charge in [0.1, 0.15) is 5.82 Å². The molecule has 2 N–H and O–H groups in total. The molecule has 1 atom stereocenters. The van der Waals surface area contributed by atoms with Gasteiger partial charge in [-0.1, -0.05) is 13.8 Å². The zero-order valence-electron chi connectivity index (χ0n) is 9.00. The number of benzene rings is 1. The van der Waals surface area contributed by atoms with E-state index in [1.807, 2.05) is 13.8 Å². The van der Waals surface area contributed by atoms with Gasteiger partial charge in [0.05, 0.1) is 5.75 Å². The highest BCUT2D eigenvalue weighted by Crippen LogP contribution is 2.16. The van der Waals surface area contributed by atoms with E-state index in [0.29, 0.717) is 28.7 Å². The third kappa shape index (κ3) is 4.00. The third-order valence-electron chi connectivity index (χ3n) is 1.94. The molecule has 0 aromatic heterocycles. The van der Waals surface area contributed by atoms with Gasteiger partial charge >= 0.3 is 0 Å². The highest BCUT2D eigenvalue weighted by Gasteiger charge is 2.08. The molecule has 4 heteroatoms. The number of halogens is 1. The minimum absolute atomic E-state index is 0.333. The standard InChI is InChI=1S/C11H16FNOS/c1-8(2)6-15(14)7-9-5-10(12)3-4-11(9)13/h3-5,8H,6-7,13H2,1-2H3. The van der Waals surface area contributed by atoms with E-state index >= 15 is 0 Å². The van der Waals surface area contributed by atoms with Gasteiger partial charge in [0, 0.05) is 22.2 Å². The molecule has 2 nitrogen and oxygen atoms in total. The van der Waals surface area contributed by atoms with Gasteiger partial charge in [0.15, 0.2) is 0 Å². The van der Waals surface area contributed by atoms with Crippen LogP contribution in [0.2, 0.25) is 0 Å². The Labute approximate surface area is 92.1 Å². The lowest BCUT2D eigenvalue weighted by Crippen LogP contribution is -2.08. The molecule has 0 bridgehead atoms. The summed E-state index contributed by atoms with van der Waals surface area (Å²) in [5.41, 5.74) is 6.81. The molecule has 0 spiro atoms. The highest BCUT2D eigenvalue weighted by molar-refractivity contribution is 7.84. The van der Waals surface area contributed by atoms with Crippen molar-refractivity contribution in [1.82, 2.24) is 0 Å². The fraction of sp³-hybridized carbons (Fsp3) is 0.455. The number of hydrogen-bond donors (Lipinski definition) is 1. The van der Waals surface area contributed by atoms with Gasteiger partial charge < -0.3 is 5.73 Å². The van der Waals surface area contributed by atoms with Crippen molar-refractivity contribution in [2.24, 2.45) is 5.92 Å². The van der Waals surface area contributed by atoms with Crippen molar-refractivity contribution in [3.05, 3.63) is 29.6 Å². The molecule has 1 rings (SSSR count). The van der Waals surface area contributed by atoms with E-state index < -0.39 is 10.8 Å². The lowest BCUT2D eigenvalue weighted by molar-refractivity contribution is 0.626. The molecule has 0 aliphatic heterocycles. The number of hydrogen-bond acceptors (Lipinski definition) is 2. The van der Waals surface area contributed by atoms with E-state index in [1.54, 1.807) is 0 Å². The average molecular weight is 229 g/mol. The quantitative estimate of drug-likeness (QED) is 0.805. The number of anilines is 1. The van der Waals surface area contributed by atoms with Crippen molar-refractivity contribution in [3.8, 4) is 0 Å². The van der Waals surface area contributed by atoms with Crippen LogP contribution in [0.4, 0.5) is 10.1 Å². The van der Waals surface area contributed by atoms with Crippen molar-refractivity contribution in [2.45, 2.75) is 19.6 Å². The predicted molar refractivity (Wildman–Crippen MR) is 62.4 cm³/mol. The van der Waals surface area contributed by atoms with Gasteiger partial charge in [-0.2, -0.15) is 0 Å². The fourth-order valence-corrected chi connectivity index (χ4v) is 2.76. The Morgan fingerprint density at radius 3 is 2.73 bits per heavy atom. The van der Waals surface area contributed by atoms with Gasteiger partial charge in [-0.3, -0.25) is 4.21 Å². The molecule has 0 aliphatic carbocycles. The summed E-state index contributed by atoms with van der Waals surface area (Å²) in [7, 11) is -0.966. The van der Waals surface area contributed by atoms with Crippen LogP contribution in [0, 0.1) is 11.7 Å². The van der Waals surface area contributed by atoms with E-state index in [4.69, 9.17) is 5.73 Å². The summed E-state index contributed by atoms with van der Waals surface area (Å²) >= 11 is 0. The highest BCUT2D eigenvalue weighted by atomic mass is 32.2. The summed E-state index contributed by atoms with van der Waals surface area (Å²) in [5, 5.41) is 0. The Bertz CT molecular complexity index is 366. The zero-order valence-corrected chi connectivity index (χ0v) is 9.81. The van der Waals surface area contributed by atoms with Crippen LogP contribution in [0.5, 0.6) is 0 Å². The Morgan fingerprint density at radius 1 is 1.47 bits per heavy atom. The van der Waals surface area contributed by atoms with Gasteiger partial charge in [0.2, 0.25) is 0 Å². The van der Waals surface area contributed by atoms with Crippen molar-refractivity contribution < 1.29 is 8.60 Å². The summed E-state index contributed by atoms with van der Waals surface area (Å²) in [6.45, 7) is 4.01. The molecule has 0 aliphatic rings. The molecule has 0 saturated carbocycles. The summed E-state index contributed by atoms with van der Waals surface area (Å²) in [5.74, 6) is 0.999. The first-order chi connectivity index (χ1) is 6.99. The molecule has 1 unspecified atom stereocenters. The van der Waals surface area contributed by atoms with Gasteiger partial charge in [-0.15, -0.1) is 0 Å². The van der Waals surface area contributed by atoms with E-state index in [9.17, 15) is 8.60 Å². The van der Waals surface area contributed by atoms with Gasteiger partial charge in [-0.25, -0.2) is 4.39 Å². The topological polar surface area (TPSA) is 43.1 Å². The smallest absolute Gasteiger partial charge is 0.123 e. The molecule has 0 fully saturated rings. The van der Waals surface area contributed by atoms with Crippen LogP contribution in [-0.2, 0) is 16.6 Å². The lowest BCUT2D eigenvalue weighted by atomic mass is 10.2. The molecule has 0 saturated heterocycles. The van der Waals surface area contributed by atoms with E-state index in [1.165, 1.54) is 18.2 Å². The van der Waals surface area contributed by atoms with Crippen molar-refractivity contribution in [2.75, 3.05) is 11.5 Å². The van der Waals surface area contributed by atoms with Crippen molar-refractivity contribution in [1.29, 1.82) is 0 Å². The second-order valence-electron chi connectivity index (χ2n) is 3.99. The molecule has 15 heavy (non-hydrogen) atoms. The largest absolute Gasteiger partial charge is 0.398 e. The van der Waals surface area contributed by atoms with Crippen LogP contribution in [0.3, 0.4) is 0 Å². The molecule has 0 amide bonds. The molecule has 84 valence electrons. The van der Waals surface area contributed by atoms with Crippen LogP contribution in [0.15, 0.2) is 18.2 Å². The minimum atomic E-state index is -0.966. The lowest BCUT2D eigenvalue weighted by Gasteiger charge is -2.07. The Morgan fingerprint density at radius 2 is 2.13 bits per heavy atom. The second kappa shape index (κ2) is 5.26. The maximum Gasteiger partial charge on any atom is 0.123 e. The SMILES string of the molecule is CC(C)CS(=O)Cc1cc(F)ccc1N. The second-order valence-corrected chi connectivity index (χ2v) is 5.49. The molecule has 0 heterocycles. The summed E-state index contributed by atoms with van der Waals surface area (Å²) in [4.78, 5) is 0. The van der Waals surface area contributed by atoms with Crippen molar-refractivity contribution in [3.63, 3.8) is 0 Å². The van der Waals surface area contributed by atoms with Crippen LogP contribution < -0.4 is 5.73 Å². The Hall–Kier alpha value is -0.900. The maximum atomic E-state index is 12.9. The monoisotopic (exact) mass is 229 g/mol. The fourth-order valence-electron chi connectivity index (χ4n) is 1.30. The van der Waals surface area contributed by atoms with E-state index in [0.717, 1.165) is 0 Å². The third-order valence-corrected chi connectivity index (χ3v) is 3.61. The number of nitrogen functional groups attached to an aromatic ring is 1. The molecule has 1 aromatic carbocycles. The van der Waals surface area contributed by atoms with Crippen LogP contribution >= 0.6 is 0 Å². The molecular formula is C11H16FNOS. The van der Waals surface area contributed by atoms with E-state index in [2.05, 4.69) is 0 Å². The first-order valence-corrected chi connectivity index (χ1v) is 6.36. The van der Waals surface area contributed by atoms with Gasteiger partial charge in [0.25, 0.3) is 0 Å². The van der Waals surface area contributed by atoms with Crippen molar-refractivity contribution >= 4 is 16.5 Å².